The highest BCUT2D eigenvalue weighted by Gasteiger charge is 2.17. The van der Waals surface area contributed by atoms with Crippen molar-refractivity contribution in [1.82, 2.24) is 0 Å². The SMILES string of the molecule is CCCCCCCCCCCCCCCC=CC(=O)OCC(COC(=O)C=CCCCCCCCCCCCCCCC)OC(=O)C=CCCCCCCCCCCCCCCC. The van der Waals surface area contributed by atoms with Gasteiger partial charge in [-0.25, -0.2) is 14.4 Å². The molecule has 0 aliphatic carbocycles. The summed E-state index contributed by atoms with van der Waals surface area (Å²) in [6.45, 7) is 6.47. The topological polar surface area (TPSA) is 78.9 Å². The first-order valence-corrected chi connectivity index (χ1v) is 27.6. The molecule has 0 radical (unpaired) electrons. The van der Waals surface area contributed by atoms with Crippen molar-refractivity contribution in [3.8, 4) is 0 Å². The van der Waals surface area contributed by atoms with Crippen LogP contribution in [-0.4, -0.2) is 37.2 Å². The Kier molecular flexibility index (Phi) is 50.3. The van der Waals surface area contributed by atoms with E-state index >= 15 is 0 Å². The van der Waals surface area contributed by atoms with E-state index in [1.54, 1.807) is 0 Å². The Morgan fingerprint density at radius 2 is 0.508 bits per heavy atom. The minimum Gasteiger partial charge on any atom is -0.458 e. The molecule has 0 N–H and O–H groups in total. The van der Waals surface area contributed by atoms with Gasteiger partial charge in [0, 0.05) is 18.2 Å². The summed E-state index contributed by atoms with van der Waals surface area (Å²) in [5, 5.41) is 0. The minimum atomic E-state index is -0.879. The Bertz CT molecular complexity index is 1010. The minimum absolute atomic E-state index is 0.170. The molecular formula is C57H104O6. The van der Waals surface area contributed by atoms with Crippen LogP contribution in [0.4, 0.5) is 0 Å². The van der Waals surface area contributed by atoms with Crippen molar-refractivity contribution >= 4 is 17.9 Å². The van der Waals surface area contributed by atoms with Gasteiger partial charge >= 0.3 is 17.9 Å². The van der Waals surface area contributed by atoms with Gasteiger partial charge in [-0.1, -0.05) is 270 Å². The summed E-state index contributed by atoms with van der Waals surface area (Å²) in [6, 6.07) is 0. The first-order chi connectivity index (χ1) is 31.0. The van der Waals surface area contributed by atoms with Gasteiger partial charge in [-0.15, -0.1) is 0 Å². The van der Waals surface area contributed by atoms with Crippen LogP contribution in [0.5, 0.6) is 0 Å². The molecule has 0 spiro atoms. The summed E-state index contributed by atoms with van der Waals surface area (Å²) in [5.74, 6) is -1.47. The molecule has 0 aliphatic rings. The van der Waals surface area contributed by atoms with Crippen molar-refractivity contribution in [1.29, 1.82) is 0 Å². The van der Waals surface area contributed by atoms with Crippen molar-refractivity contribution in [3.05, 3.63) is 36.5 Å². The Morgan fingerprint density at radius 3 is 0.746 bits per heavy atom. The van der Waals surface area contributed by atoms with E-state index in [1.807, 2.05) is 18.2 Å². The highest BCUT2D eigenvalue weighted by Crippen LogP contribution is 2.16. The van der Waals surface area contributed by atoms with E-state index in [4.69, 9.17) is 14.2 Å². The van der Waals surface area contributed by atoms with Crippen molar-refractivity contribution < 1.29 is 28.6 Å². The molecule has 0 atom stereocenters. The molecule has 0 amide bonds. The predicted octanol–water partition coefficient (Wildman–Crippen LogP) is 18.1. The molecule has 0 aromatic rings. The monoisotopic (exact) mass is 885 g/mol. The lowest BCUT2D eigenvalue weighted by Crippen LogP contribution is -2.30. The molecule has 0 saturated carbocycles. The number of ether oxygens (including phenoxy) is 3. The average molecular weight is 885 g/mol. The molecule has 63 heavy (non-hydrogen) atoms. The molecule has 0 fully saturated rings. The van der Waals surface area contributed by atoms with Crippen LogP contribution < -0.4 is 0 Å². The highest BCUT2D eigenvalue weighted by molar-refractivity contribution is 5.83. The Hall–Kier alpha value is -2.37. The van der Waals surface area contributed by atoms with Crippen LogP contribution in [0.1, 0.15) is 290 Å². The molecule has 0 aromatic carbocycles. The Balaban J connectivity index is 4.47. The molecule has 0 aliphatic heterocycles. The van der Waals surface area contributed by atoms with Crippen LogP contribution >= 0.6 is 0 Å². The lowest BCUT2D eigenvalue weighted by atomic mass is 10.0. The van der Waals surface area contributed by atoms with E-state index in [2.05, 4.69) is 20.8 Å². The molecule has 6 nitrogen and oxygen atoms in total. The Labute approximate surface area is 391 Å². The quantitative estimate of drug-likeness (QED) is 0.0262. The molecule has 0 unspecified atom stereocenters. The van der Waals surface area contributed by atoms with Gasteiger partial charge in [0.15, 0.2) is 6.10 Å². The van der Waals surface area contributed by atoms with Crippen LogP contribution in [0.15, 0.2) is 36.5 Å². The smallest absolute Gasteiger partial charge is 0.330 e. The van der Waals surface area contributed by atoms with Gasteiger partial charge in [-0.2, -0.15) is 0 Å². The maximum absolute atomic E-state index is 12.7. The fourth-order valence-corrected chi connectivity index (χ4v) is 8.14. The molecule has 0 rings (SSSR count). The number of carbonyl (C=O) groups excluding carboxylic acids is 3. The number of hydrogen-bond acceptors (Lipinski definition) is 6. The lowest BCUT2D eigenvalue weighted by molar-refractivity contribution is -0.160. The van der Waals surface area contributed by atoms with Crippen molar-refractivity contribution in [2.75, 3.05) is 13.2 Å². The van der Waals surface area contributed by atoms with Gasteiger partial charge in [0.2, 0.25) is 0 Å². The number of esters is 3. The number of rotatable bonds is 50. The second-order valence-electron chi connectivity index (χ2n) is 18.6. The standard InChI is InChI=1S/C57H104O6/c1-4-7-10-13-16-19-22-25-28-31-34-37-40-43-46-49-55(58)61-52-54(63-57(60)51-48-45-42-39-36-33-30-27-24-21-18-15-12-9-6-3)53-62-56(59)50-47-44-41-38-35-32-29-26-23-20-17-14-11-8-5-2/h46-51,54H,4-45,52-53H2,1-3H3. The van der Waals surface area contributed by atoms with Crippen molar-refractivity contribution in [3.63, 3.8) is 0 Å². The van der Waals surface area contributed by atoms with Gasteiger partial charge in [0.05, 0.1) is 0 Å². The maximum atomic E-state index is 12.7. The van der Waals surface area contributed by atoms with Gasteiger partial charge < -0.3 is 14.2 Å². The van der Waals surface area contributed by atoms with E-state index < -0.39 is 24.0 Å². The summed E-state index contributed by atoms with van der Waals surface area (Å²) in [5.41, 5.74) is 0. The summed E-state index contributed by atoms with van der Waals surface area (Å²) >= 11 is 0. The Morgan fingerprint density at radius 1 is 0.302 bits per heavy atom. The molecular weight excluding hydrogens is 781 g/mol. The third-order valence-electron chi connectivity index (χ3n) is 12.3. The van der Waals surface area contributed by atoms with Crippen LogP contribution in [0, 0.1) is 0 Å². The van der Waals surface area contributed by atoms with Gasteiger partial charge in [-0.05, 0) is 38.5 Å². The summed E-state index contributed by atoms with van der Waals surface area (Å²) in [7, 11) is 0. The van der Waals surface area contributed by atoms with Gasteiger partial charge in [-0.3, -0.25) is 0 Å². The molecule has 6 heteroatoms. The molecule has 0 bridgehead atoms. The van der Waals surface area contributed by atoms with Crippen LogP contribution in [-0.2, 0) is 28.6 Å². The summed E-state index contributed by atoms with van der Waals surface area (Å²) in [4.78, 5) is 37.8. The first kappa shape index (κ1) is 60.6. The van der Waals surface area contributed by atoms with Gasteiger partial charge in [0.25, 0.3) is 0 Å². The van der Waals surface area contributed by atoms with Crippen molar-refractivity contribution in [2.45, 2.75) is 297 Å². The second kappa shape index (κ2) is 52.3. The summed E-state index contributed by atoms with van der Waals surface area (Å²) in [6.07, 6.45) is 62.6. The van der Waals surface area contributed by atoms with Crippen LogP contribution in [0.25, 0.3) is 0 Å². The van der Waals surface area contributed by atoms with Gasteiger partial charge in [0.1, 0.15) is 13.2 Å². The largest absolute Gasteiger partial charge is 0.458 e. The fraction of sp³-hybridized carbons (Fsp3) is 0.842. The van der Waals surface area contributed by atoms with Crippen LogP contribution in [0.3, 0.4) is 0 Å². The zero-order valence-electron chi connectivity index (χ0n) is 42.1. The van der Waals surface area contributed by atoms with E-state index in [-0.39, 0.29) is 13.2 Å². The van der Waals surface area contributed by atoms with E-state index in [0.717, 1.165) is 44.9 Å². The first-order valence-electron chi connectivity index (χ1n) is 27.6. The van der Waals surface area contributed by atoms with E-state index in [9.17, 15) is 14.4 Å². The van der Waals surface area contributed by atoms with E-state index in [1.165, 1.54) is 243 Å². The lowest BCUT2D eigenvalue weighted by Gasteiger charge is -2.16. The van der Waals surface area contributed by atoms with E-state index in [0.29, 0.717) is 0 Å². The fourth-order valence-electron chi connectivity index (χ4n) is 8.14. The third kappa shape index (κ3) is 50.5. The molecule has 0 heterocycles. The zero-order chi connectivity index (χ0) is 45.8. The normalized spacial score (nSPS) is 12.2. The van der Waals surface area contributed by atoms with Crippen molar-refractivity contribution in [2.24, 2.45) is 0 Å². The zero-order valence-corrected chi connectivity index (χ0v) is 42.1. The predicted molar refractivity (Wildman–Crippen MR) is 270 cm³/mol. The summed E-state index contributed by atoms with van der Waals surface area (Å²) < 4.78 is 16.5. The second-order valence-corrected chi connectivity index (χ2v) is 18.6. The number of hydrogen-bond donors (Lipinski definition) is 0. The number of allylic oxidation sites excluding steroid dienone is 3. The van der Waals surface area contributed by atoms with Crippen LogP contribution in [0.2, 0.25) is 0 Å². The number of carbonyl (C=O) groups is 3. The third-order valence-corrected chi connectivity index (χ3v) is 12.3. The maximum Gasteiger partial charge on any atom is 0.330 e. The molecule has 0 saturated heterocycles. The molecule has 368 valence electrons. The molecule has 0 aromatic heterocycles. The number of unbranched alkanes of at least 4 members (excludes halogenated alkanes) is 39. The average Bonchev–Trinajstić information content (AvgIpc) is 3.28. The highest BCUT2D eigenvalue weighted by atomic mass is 16.6.